The van der Waals surface area contributed by atoms with E-state index < -0.39 is 50.8 Å². The summed E-state index contributed by atoms with van der Waals surface area (Å²) in [6, 6.07) is 12.1. The van der Waals surface area contributed by atoms with Gasteiger partial charge >= 0.3 is 6.18 Å². The number of alkyl halides is 3. The van der Waals surface area contributed by atoms with E-state index >= 15 is 4.39 Å². The van der Waals surface area contributed by atoms with Gasteiger partial charge in [0.2, 0.25) is 5.91 Å². The molecule has 2 aromatic carbocycles. The van der Waals surface area contributed by atoms with Gasteiger partial charge in [0, 0.05) is 29.2 Å². The number of nitriles is 1. The molecule has 3 amide bonds. The quantitative estimate of drug-likeness (QED) is 0.0561. The van der Waals surface area contributed by atoms with E-state index in [1.165, 1.54) is 30.6 Å². The van der Waals surface area contributed by atoms with Crippen molar-refractivity contribution in [2.75, 3.05) is 34.9 Å². The van der Waals surface area contributed by atoms with Crippen molar-refractivity contribution in [1.29, 1.82) is 5.26 Å². The molecular weight excluding hydrogens is 793 g/mol. The lowest BCUT2D eigenvalue weighted by Gasteiger charge is -2.28. The summed E-state index contributed by atoms with van der Waals surface area (Å²) in [5.74, 6) is -0.701. The number of halogens is 4. The molecule has 1 atom stereocenters. The van der Waals surface area contributed by atoms with Gasteiger partial charge in [-0.1, -0.05) is 12.8 Å². The summed E-state index contributed by atoms with van der Waals surface area (Å²) in [7, 11) is 0. The highest BCUT2D eigenvalue weighted by atomic mass is 32.2. The molecule has 5 aromatic rings. The highest BCUT2D eigenvalue weighted by Gasteiger charge is 2.47. The Morgan fingerprint density at radius 3 is 2.53 bits per heavy atom. The minimum absolute atomic E-state index is 0.0911. The second-order valence-electron chi connectivity index (χ2n) is 14.3. The summed E-state index contributed by atoms with van der Waals surface area (Å²) < 4.78 is 55.2. The zero-order chi connectivity index (χ0) is 42.1. The third-order valence-electron chi connectivity index (χ3n) is 9.95. The predicted molar refractivity (Wildman–Crippen MR) is 212 cm³/mol. The number of nitrogens with one attached hydrogen (secondary N) is 4. The molecule has 5 heterocycles. The van der Waals surface area contributed by atoms with Crippen molar-refractivity contribution in [2.45, 2.75) is 62.3 Å². The number of amides is 3. The van der Waals surface area contributed by atoms with E-state index in [0.29, 0.717) is 58.8 Å². The number of hydrogen-bond donors (Lipinski definition) is 5. The van der Waals surface area contributed by atoms with Gasteiger partial charge in [-0.2, -0.15) is 28.4 Å². The second-order valence-corrected chi connectivity index (χ2v) is 16.8. The molecule has 0 bridgehead atoms. The number of hydrogen-bond acceptors (Lipinski definition) is 11. The molecule has 1 unspecified atom stereocenters. The first-order chi connectivity index (χ1) is 28.2. The molecule has 0 spiro atoms. The van der Waals surface area contributed by atoms with E-state index in [0.717, 1.165) is 41.6 Å². The number of carbonyl (C=O) groups excluding carboxylic acids is 3. The summed E-state index contributed by atoms with van der Waals surface area (Å²) in [5.41, 5.74) is 0.550. The molecule has 306 valence electrons. The molecule has 1 fully saturated rings. The van der Waals surface area contributed by atoms with Gasteiger partial charge < -0.3 is 10.6 Å². The first-order valence-corrected chi connectivity index (χ1v) is 19.9. The second kappa shape index (κ2) is 16.4. The van der Waals surface area contributed by atoms with E-state index in [4.69, 9.17) is 10.2 Å². The molecule has 3 aromatic heterocycles. The number of pyridine rings is 1. The summed E-state index contributed by atoms with van der Waals surface area (Å²) >= 11 is -1.68. The number of nitrogens with zero attached hydrogens (tertiary/aromatic N) is 8. The highest BCUT2D eigenvalue weighted by Crippen LogP contribution is 2.52. The maximum Gasteiger partial charge on any atom is 0.417 e. The first kappa shape index (κ1) is 40.7. The van der Waals surface area contributed by atoms with Crippen LogP contribution in [-0.4, -0.2) is 72.2 Å². The minimum atomic E-state index is -4.82. The number of rotatable bonds is 12. The normalized spacial score (nSPS) is 16.7. The van der Waals surface area contributed by atoms with Gasteiger partial charge in [0.1, 0.15) is 17.8 Å². The fourth-order valence-electron chi connectivity index (χ4n) is 6.79. The molecular formula is C39H38F4N12O3S. The summed E-state index contributed by atoms with van der Waals surface area (Å²) in [6.45, 7) is 5.84. The highest BCUT2D eigenvalue weighted by molar-refractivity contribution is 8.17. The molecule has 4 N–H and O–H groups in total. The number of aromatic nitrogens is 6. The Morgan fingerprint density at radius 1 is 1.02 bits per heavy atom. The fraction of sp³-hybridized carbons (Fsp3) is 0.308. The van der Waals surface area contributed by atoms with Crippen molar-refractivity contribution >= 4 is 46.1 Å². The van der Waals surface area contributed by atoms with Crippen molar-refractivity contribution in [3.8, 4) is 28.8 Å². The number of H-pyrrole nitrogens is 1. The van der Waals surface area contributed by atoms with Crippen LogP contribution >= 0.6 is 11.1 Å². The zero-order valence-corrected chi connectivity index (χ0v) is 32.9. The minimum Gasteiger partial charge on any atom is -0.358 e. The van der Waals surface area contributed by atoms with Crippen molar-refractivity contribution in [3.63, 3.8) is 0 Å². The van der Waals surface area contributed by atoms with Gasteiger partial charge in [-0.25, -0.2) is 29.3 Å². The van der Waals surface area contributed by atoms with Gasteiger partial charge in [0.15, 0.2) is 17.5 Å². The van der Waals surface area contributed by atoms with Crippen LogP contribution in [0.3, 0.4) is 0 Å². The Bertz CT molecular complexity index is 2470. The van der Waals surface area contributed by atoms with E-state index in [1.54, 1.807) is 31.0 Å². The maximum atomic E-state index is 15.4. The lowest BCUT2D eigenvalue weighted by molar-refractivity contribution is -0.137. The Morgan fingerprint density at radius 2 is 1.81 bits per heavy atom. The van der Waals surface area contributed by atoms with Gasteiger partial charge in [0.05, 0.1) is 51.6 Å². The molecule has 15 nitrogen and oxygen atoms in total. The van der Waals surface area contributed by atoms with Crippen LogP contribution in [-0.2, 0) is 15.8 Å². The first-order valence-electron chi connectivity index (χ1n) is 18.5. The Balaban J connectivity index is 0.909. The van der Waals surface area contributed by atoms with Crippen LogP contribution in [0.2, 0.25) is 0 Å². The number of anilines is 3. The molecule has 0 aliphatic carbocycles. The van der Waals surface area contributed by atoms with E-state index in [-0.39, 0.29) is 30.2 Å². The molecule has 2 aliphatic heterocycles. The molecule has 7 rings (SSSR count). The zero-order valence-electron chi connectivity index (χ0n) is 32.0. The smallest absolute Gasteiger partial charge is 0.358 e. The van der Waals surface area contributed by atoms with Crippen molar-refractivity contribution in [2.24, 2.45) is 0 Å². The van der Waals surface area contributed by atoms with Crippen LogP contribution in [0.5, 0.6) is 0 Å². The van der Waals surface area contributed by atoms with Gasteiger partial charge in [-0.15, -0.1) is 11.1 Å². The topological polar surface area (TPSA) is 198 Å². The number of thiol groups is 1. The predicted octanol–water partition coefficient (Wildman–Crippen LogP) is 6.02. The number of hydrazine groups is 1. The summed E-state index contributed by atoms with van der Waals surface area (Å²) in [5, 5.41) is 22.6. The molecule has 59 heavy (non-hydrogen) atoms. The molecule has 1 saturated heterocycles. The average molecular weight is 831 g/mol. The molecule has 20 heteroatoms. The lowest BCUT2D eigenvalue weighted by atomic mass is 10.1. The van der Waals surface area contributed by atoms with E-state index in [2.05, 4.69) is 40.6 Å². The number of fused-ring (bicyclic) bond motifs is 1. The molecule has 0 radical (unpaired) electrons. The maximum absolute atomic E-state index is 15.4. The van der Waals surface area contributed by atoms with Crippen LogP contribution < -0.4 is 25.4 Å². The average Bonchev–Trinajstić information content (AvgIpc) is 3.83. The van der Waals surface area contributed by atoms with Crippen molar-refractivity contribution in [3.05, 3.63) is 89.3 Å². The fourth-order valence-corrected chi connectivity index (χ4v) is 8.96. The molecule has 2 aliphatic rings. The summed E-state index contributed by atoms with van der Waals surface area (Å²) in [6.07, 6.45) is 1.02. The van der Waals surface area contributed by atoms with Crippen LogP contribution in [0.25, 0.3) is 22.8 Å². The SMILES string of the molecule is Cc1nc(-c2nc[nH]n2)ccc1-c1cnc2c(n1)N(CCCCCCNC(=O)c1ccc([SH]3NN(c4ccc(C#N)c(C(F)(F)F)c4)C(=O)C3(C)C)cc1F)C(=O)CN2. The molecule has 0 saturated carbocycles. The third-order valence-corrected chi connectivity index (χ3v) is 12.4. The van der Waals surface area contributed by atoms with Crippen LogP contribution in [0.15, 0.2) is 66.0 Å². The van der Waals surface area contributed by atoms with Gasteiger partial charge in [-0.05, 0) is 82.1 Å². The van der Waals surface area contributed by atoms with Crippen LogP contribution in [0, 0.1) is 24.1 Å². The van der Waals surface area contributed by atoms with Gasteiger partial charge in [-0.3, -0.25) is 24.4 Å². The van der Waals surface area contributed by atoms with Crippen LogP contribution in [0.1, 0.15) is 66.7 Å². The van der Waals surface area contributed by atoms with E-state index in [9.17, 15) is 27.6 Å². The lowest BCUT2D eigenvalue weighted by Crippen LogP contribution is -2.41. The Hall–Kier alpha value is -6.46. The number of benzene rings is 2. The summed E-state index contributed by atoms with van der Waals surface area (Å²) in [4.78, 5) is 62.3. The number of carbonyl (C=O) groups is 3. The van der Waals surface area contributed by atoms with Gasteiger partial charge in [0.25, 0.3) is 11.8 Å². The van der Waals surface area contributed by atoms with Crippen molar-refractivity contribution < 1.29 is 31.9 Å². The largest absolute Gasteiger partial charge is 0.417 e. The van der Waals surface area contributed by atoms with Crippen molar-refractivity contribution in [1.82, 2.24) is 40.3 Å². The third kappa shape index (κ3) is 8.29. The Kier molecular flexibility index (Phi) is 11.3. The number of aromatic amines is 1. The Labute approximate surface area is 338 Å². The van der Waals surface area contributed by atoms with Crippen LogP contribution in [0.4, 0.5) is 34.9 Å². The van der Waals surface area contributed by atoms with E-state index in [1.807, 2.05) is 13.0 Å². The standard InChI is InChI=1S/C39H38F4N12O3S/c1-22-26(12-13-30(50-22)33-48-21-49-52-33)31-19-46-34-35(51-31)54(32(56)20-47-34)15-7-5-4-6-14-45-36(57)27-11-10-25(17-29(27)40)59-38(2,3)37(58)55(53-59)24-9-8-23(18-44)28(16-24)39(41,42)43/h8-13,16-17,19,21,53,59H,4-7,14-15,20H2,1-3H3,(H,45,57)(H,46,47)(H,48,49,52). The monoisotopic (exact) mass is 830 g/mol. The number of aryl methyl sites for hydroxylation is 1. The number of unbranched alkanes of at least 4 members (excludes halogenated alkanes) is 3.